The highest BCUT2D eigenvalue weighted by Crippen LogP contribution is 2.25. The first kappa shape index (κ1) is 12.3. The van der Waals surface area contributed by atoms with Crippen molar-refractivity contribution in [1.82, 2.24) is 20.1 Å². The molecule has 0 aliphatic heterocycles. The van der Waals surface area contributed by atoms with Crippen LogP contribution in [0.2, 0.25) is 0 Å². The molecule has 0 aromatic carbocycles. The second-order valence-corrected chi connectivity index (χ2v) is 5.19. The summed E-state index contributed by atoms with van der Waals surface area (Å²) in [5, 5.41) is 7.85. The van der Waals surface area contributed by atoms with E-state index in [0.29, 0.717) is 6.04 Å². The van der Waals surface area contributed by atoms with Gasteiger partial charge in [0, 0.05) is 41.8 Å². The molecule has 0 spiro atoms. The van der Waals surface area contributed by atoms with Crippen molar-refractivity contribution in [2.24, 2.45) is 7.05 Å². The molecule has 2 heterocycles. The Kier molecular flexibility index (Phi) is 3.59. The van der Waals surface area contributed by atoms with Gasteiger partial charge >= 0.3 is 0 Å². The molecule has 1 N–H and O–H groups in total. The minimum absolute atomic E-state index is 0.309. The van der Waals surface area contributed by atoms with Crippen molar-refractivity contribution in [2.45, 2.75) is 26.3 Å². The van der Waals surface area contributed by atoms with Gasteiger partial charge in [-0.1, -0.05) is 0 Å². The van der Waals surface area contributed by atoms with Crippen LogP contribution in [0.4, 0.5) is 0 Å². The smallest absolute Gasteiger partial charge is 0.0794 e. The molecule has 92 valence electrons. The molecule has 2 rings (SSSR count). The average Bonchev–Trinajstić information content (AvgIpc) is 2.87. The summed E-state index contributed by atoms with van der Waals surface area (Å²) >= 11 is 1.70. The van der Waals surface area contributed by atoms with Crippen LogP contribution < -0.4 is 5.32 Å². The van der Waals surface area contributed by atoms with Gasteiger partial charge in [-0.2, -0.15) is 5.10 Å². The molecule has 0 fully saturated rings. The molecule has 0 saturated heterocycles. The van der Waals surface area contributed by atoms with Crippen LogP contribution in [0.3, 0.4) is 0 Å². The zero-order valence-electron chi connectivity index (χ0n) is 10.7. The fourth-order valence-electron chi connectivity index (χ4n) is 2.19. The van der Waals surface area contributed by atoms with E-state index in [4.69, 9.17) is 0 Å². The van der Waals surface area contributed by atoms with Gasteiger partial charge in [0.15, 0.2) is 0 Å². The Balaban J connectivity index is 2.29. The molecule has 17 heavy (non-hydrogen) atoms. The van der Waals surface area contributed by atoms with Gasteiger partial charge in [0.1, 0.15) is 0 Å². The van der Waals surface area contributed by atoms with Crippen LogP contribution in [-0.4, -0.2) is 21.8 Å². The van der Waals surface area contributed by atoms with Crippen LogP contribution in [0, 0.1) is 13.8 Å². The molecule has 2 aromatic heterocycles. The van der Waals surface area contributed by atoms with Gasteiger partial charge in [0.05, 0.1) is 11.2 Å². The van der Waals surface area contributed by atoms with Gasteiger partial charge in [-0.05, 0) is 20.9 Å². The van der Waals surface area contributed by atoms with Gasteiger partial charge in [-0.25, -0.2) is 0 Å². The van der Waals surface area contributed by atoms with Crippen LogP contribution in [0.1, 0.15) is 27.9 Å². The topological polar surface area (TPSA) is 42.7 Å². The van der Waals surface area contributed by atoms with E-state index in [-0.39, 0.29) is 0 Å². The van der Waals surface area contributed by atoms with Crippen molar-refractivity contribution in [1.29, 1.82) is 0 Å². The van der Waals surface area contributed by atoms with E-state index in [9.17, 15) is 0 Å². The summed E-state index contributed by atoms with van der Waals surface area (Å²) in [7, 11) is 3.99. The molecule has 1 atom stereocenters. The van der Waals surface area contributed by atoms with Crippen LogP contribution in [0.5, 0.6) is 0 Å². The SMILES string of the molecule is CNC(Cc1cncs1)c1c(C)nn(C)c1C. The molecule has 0 radical (unpaired) electrons. The van der Waals surface area contributed by atoms with Gasteiger partial charge in [0.2, 0.25) is 0 Å². The summed E-state index contributed by atoms with van der Waals surface area (Å²) in [5.41, 5.74) is 5.52. The Morgan fingerprint density at radius 1 is 1.47 bits per heavy atom. The van der Waals surface area contributed by atoms with Crippen molar-refractivity contribution < 1.29 is 0 Å². The fraction of sp³-hybridized carbons (Fsp3) is 0.500. The number of aryl methyl sites for hydroxylation is 2. The maximum atomic E-state index is 4.47. The highest BCUT2D eigenvalue weighted by Gasteiger charge is 2.19. The maximum Gasteiger partial charge on any atom is 0.0794 e. The molecule has 0 amide bonds. The zero-order valence-corrected chi connectivity index (χ0v) is 11.5. The molecule has 0 aliphatic rings. The van der Waals surface area contributed by atoms with E-state index < -0.39 is 0 Å². The van der Waals surface area contributed by atoms with Crippen molar-refractivity contribution in [2.75, 3.05) is 7.05 Å². The summed E-state index contributed by atoms with van der Waals surface area (Å²) in [5.74, 6) is 0. The van der Waals surface area contributed by atoms with E-state index in [0.717, 1.165) is 12.1 Å². The van der Waals surface area contributed by atoms with E-state index in [1.54, 1.807) is 11.3 Å². The minimum Gasteiger partial charge on any atom is -0.313 e. The summed E-state index contributed by atoms with van der Waals surface area (Å²) in [4.78, 5) is 5.42. The zero-order chi connectivity index (χ0) is 12.4. The number of nitrogens with one attached hydrogen (secondary N) is 1. The Bertz CT molecular complexity index is 487. The van der Waals surface area contributed by atoms with Crippen molar-refractivity contribution in [3.8, 4) is 0 Å². The van der Waals surface area contributed by atoms with Crippen molar-refractivity contribution in [3.05, 3.63) is 33.5 Å². The Hall–Kier alpha value is -1.20. The Morgan fingerprint density at radius 3 is 2.71 bits per heavy atom. The minimum atomic E-state index is 0.309. The molecule has 2 aromatic rings. The molecule has 4 nitrogen and oxygen atoms in total. The largest absolute Gasteiger partial charge is 0.313 e. The summed E-state index contributed by atoms with van der Waals surface area (Å²) < 4.78 is 1.95. The molecule has 0 saturated carbocycles. The van der Waals surface area contributed by atoms with Gasteiger partial charge in [-0.3, -0.25) is 9.67 Å². The molecule has 5 heteroatoms. The highest BCUT2D eigenvalue weighted by molar-refractivity contribution is 7.09. The number of rotatable bonds is 4. The summed E-state index contributed by atoms with van der Waals surface area (Å²) in [6, 6.07) is 0.309. The lowest BCUT2D eigenvalue weighted by molar-refractivity contribution is 0.588. The average molecular weight is 250 g/mol. The van der Waals surface area contributed by atoms with Crippen molar-refractivity contribution in [3.63, 3.8) is 0 Å². The Morgan fingerprint density at radius 2 is 2.24 bits per heavy atom. The molecule has 0 aliphatic carbocycles. The number of aromatic nitrogens is 3. The van der Waals surface area contributed by atoms with Gasteiger partial charge < -0.3 is 5.32 Å². The first-order chi connectivity index (χ1) is 8.13. The third kappa shape index (κ3) is 2.40. The predicted molar refractivity (Wildman–Crippen MR) is 70.3 cm³/mol. The molecular weight excluding hydrogens is 232 g/mol. The maximum absolute atomic E-state index is 4.47. The molecule has 0 bridgehead atoms. The first-order valence-electron chi connectivity index (χ1n) is 5.68. The number of thiazole rings is 1. The first-order valence-corrected chi connectivity index (χ1v) is 6.56. The second-order valence-electron chi connectivity index (χ2n) is 4.22. The van der Waals surface area contributed by atoms with Crippen LogP contribution in [0.25, 0.3) is 0 Å². The Labute approximate surface area is 106 Å². The van der Waals surface area contributed by atoms with Crippen LogP contribution >= 0.6 is 11.3 Å². The van der Waals surface area contributed by atoms with Crippen LogP contribution in [-0.2, 0) is 13.5 Å². The molecular formula is C12H18N4S. The van der Waals surface area contributed by atoms with E-state index in [1.165, 1.54) is 16.1 Å². The predicted octanol–water partition coefficient (Wildman–Crippen LogP) is 2.00. The number of nitrogens with zero attached hydrogens (tertiary/aromatic N) is 3. The normalized spacial score (nSPS) is 12.9. The lowest BCUT2D eigenvalue weighted by atomic mass is 10.0. The standard InChI is InChI=1S/C12H18N4S/c1-8-12(9(2)16(4)15-8)11(13-3)5-10-6-14-7-17-10/h6-7,11,13H,5H2,1-4H3. The number of hydrogen-bond acceptors (Lipinski definition) is 4. The fourth-order valence-corrected chi connectivity index (χ4v) is 2.83. The molecule has 1 unspecified atom stereocenters. The summed E-state index contributed by atoms with van der Waals surface area (Å²) in [6.45, 7) is 4.19. The van der Waals surface area contributed by atoms with E-state index in [2.05, 4.69) is 29.2 Å². The quantitative estimate of drug-likeness (QED) is 0.902. The van der Waals surface area contributed by atoms with Crippen molar-refractivity contribution >= 4 is 11.3 Å². The van der Waals surface area contributed by atoms with Crippen LogP contribution in [0.15, 0.2) is 11.7 Å². The number of likely N-dealkylation sites (N-methyl/N-ethyl adjacent to an activating group) is 1. The lowest BCUT2D eigenvalue weighted by Gasteiger charge is -2.16. The third-order valence-corrected chi connectivity index (χ3v) is 3.95. The lowest BCUT2D eigenvalue weighted by Crippen LogP contribution is -2.20. The van der Waals surface area contributed by atoms with Gasteiger partial charge in [0.25, 0.3) is 0 Å². The summed E-state index contributed by atoms with van der Waals surface area (Å²) in [6.07, 6.45) is 2.91. The second kappa shape index (κ2) is 4.98. The third-order valence-electron chi connectivity index (χ3n) is 3.15. The monoisotopic (exact) mass is 250 g/mol. The van der Waals surface area contributed by atoms with E-state index >= 15 is 0 Å². The van der Waals surface area contributed by atoms with E-state index in [1.807, 2.05) is 30.5 Å². The highest BCUT2D eigenvalue weighted by atomic mass is 32.1. The van der Waals surface area contributed by atoms with Gasteiger partial charge in [-0.15, -0.1) is 11.3 Å². The number of hydrogen-bond donors (Lipinski definition) is 1.